The zero-order valence-corrected chi connectivity index (χ0v) is 46.7. The van der Waals surface area contributed by atoms with E-state index < -0.39 is 90.5 Å². The van der Waals surface area contributed by atoms with Crippen LogP contribution in [-0.4, -0.2) is 124 Å². The number of primary amides is 1. The molecule has 3 aromatic carbocycles. The average molecular weight is 1150 g/mol. The number of piperidine rings is 1. The number of amides is 8. The van der Waals surface area contributed by atoms with Crippen LogP contribution < -0.4 is 32.7 Å². The van der Waals surface area contributed by atoms with Gasteiger partial charge in [0.15, 0.2) is 0 Å². The van der Waals surface area contributed by atoms with Gasteiger partial charge in [0.1, 0.15) is 35.7 Å². The molecule has 0 bridgehead atoms. The summed E-state index contributed by atoms with van der Waals surface area (Å²) in [6, 6.07) is 10.3. The first-order chi connectivity index (χ1) is 38.9. The van der Waals surface area contributed by atoms with Crippen molar-refractivity contribution in [3.8, 4) is 0 Å². The molecule has 4 aliphatic rings. The molecule has 5 heterocycles. The van der Waals surface area contributed by atoms with Crippen molar-refractivity contribution in [3.05, 3.63) is 105 Å². The van der Waals surface area contributed by atoms with E-state index in [0.29, 0.717) is 42.2 Å². The third-order valence-corrected chi connectivity index (χ3v) is 17.5. The van der Waals surface area contributed by atoms with Crippen LogP contribution in [0.15, 0.2) is 65.5 Å². The predicted octanol–water partition coefficient (Wildman–Crippen LogP) is 3.58. The molecular weight excluding hydrogens is 1080 g/mol. The minimum Gasteiger partial charge on any atom is -0.370 e. The Bertz CT molecular complexity index is 3500. The number of aromatic amines is 1. The molecule has 436 valence electrons. The number of nitrogens with two attached hydrogens (primary N) is 1. The molecule has 2 aromatic heterocycles. The fraction of sp³-hybridized carbons (Fsp3) is 0.474. The highest BCUT2D eigenvalue weighted by molar-refractivity contribution is 7.70. The van der Waals surface area contributed by atoms with Crippen molar-refractivity contribution in [1.82, 2.24) is 45.2 Å². The van der Waals surface area contributed by atoms with Crippen LogP contribution in [0.2, 0.25) is 0 Å². The summed E-state index contributed by atoms with van der Waals surface area (Å²) in [7, 11) is -3.49. The summed E-state index contributed by atoms with van der Waals surface area (Å²) in [5.41, 5.74) is 6.88. The molecule has 5 aromatic rings. The fourth-order valence-corrected chi connectivity index (χ4v) is 12.5. The minimum atomic E-state index is -5.14. The van der Waals surface area contributed by atoms with E-state index in [1.54, 1.807) is 24.1 Å². The second-order valence-electron chi connectivity index (χ2n) is 22.5. The normalized spacial score (nSPS) is 21.9. The first-order valence-corrected chi connectivity index (χ1v) is 29.4. The summed E-state index contributed by atoms with van der Waals surface area (Å²) in [4.78, 5) is 159. The molecule has 3 saturated heterocycles. The highest BCUT2D eigenvalue weighted by Crippen LogP contribution is 2.40. The Morgan fingerprint density at radius 1 is 0.878 bits per heavy atom. The van der Waals surface area contributed by atoms with E-state index in [1.165, 1.54) is 44.4 Å². The van der Waals surface area contributed by atoms with Crippen molar-refractivity contribution in [2.45, 2.75) is 140 Å². The molecule has 4 fully saturated rings. The first kappa shape index (κ1) is 58.8. The van der Waals surface area contributed by atoms with Crippen molar-refractivity contribution in [1.29, 1.82) is 0 Å². The van der Waals surface area contributed by atoms with Gasteiger partial charge in [-0.05, 0) is 136 Å². The van der Waals surface area contributed by atoms with Crippen LogP contribution in [0.3, 0.4) is 0 Å². The number of imidazole rings is 1. The predicted molar refractivity (Wildman–Crippen MR) is 296 cm³/mol. The van der Waals surface area contributed by atoms with E-state index >= 15 is 9.18 Å². The van der Waals surface area contributed by atoms with E-state index in [2.05, 4.69) is 26.3 Å². The number of fused-ring (bicyclic) bond motifs is 3. The molecule has 9 N–H and O–H groups in total. The first-order valence-electron chi connectivity index (χ1n) is 27.8. The number of nitrogens with one attached hydrogen (secondary N) is 5. The van der Waals surface area contributed by atoms with Gasteiger partial charge in [-0.25, -0.2) is 9.18 Å². The van der Waals surface area contributed by atoms with Crippen molar-refractivity contribution < 1.29 is 61.9 Å². The lowest BCUT2D eigenvalue weighted by Gasteiger charge is -2.40. The zero-order valence-electron chi connectivity index (χ0n) is 45.8. The Kier molecular flexibility index (Phi) is 17.5. The molecule has 25 heteroatoms. The number of halogens is 1. The van der Waals surface area contributed by atoms with Crippen LogP contribution in [0, 0.1) is 17.7 Å². The maximum Gasteiger partial charge on any atom is 0.396 e. The van der Waals surface area contributed by atoms with Gasteiger partial charge >= 0.3 is 13.3 Å². The SMILES string of the molecule is CC(C)c1ccc(CNC(=O)[C@H](CCC(N)=O)NC(=O)[C@@H]2CC[C@@H]3CCN(C(=O)C4CCC(CCc5ccc6c(c5)n(C)c(=O)n6C5CCC(=O)NC5=O)CC4)C[C@H](NC(=O)c4cc5cc(C(=O)P(=O)(O)O)ccc5[nH]4)C(=O)N32)c(F)c1. The van der Waals surface area contributed by atoms with E-state index in [4.69, 9.17) is 5.73 Å². The Hall–Kier alpha value is -7.82. The monoisotopic (exact) mass is 1150 g/mol. The molecular formula is C57H68FN10O13P. The highest BCUT2D eigenvalue weighted by Gasteiger charge is 2.47. The maximum atomic E-state index is 15.1. The van der Waals surface area contributed by atoms with E-state index in [-0.39, 0.29) is 110 Å². The van der Waals surface area contributed by atoms with Gasteiger partial charge in [-0.1, -0.05) is 32.0 Å². The van der Waals surface area contributed by atoms with Crippen molar-refractivity contribution in [2.24, 2.45) is 24.6 Å². The Morgan fingerprint density at radius 2 is 1.63 bits per heavy atom. The third kappa shape index (κ3) is 12.8. The van der Waals surface area contributed by atoms with Gasteiger partial charge in [0.2, 0.25) is 41.4 Å². The van der Waals surface area contributed by atoms with Gasteiger partial charge < -0.3 is 46.3 Å². The molecule has 9 rings (SSSR count). The number of aromatic nitrogens is 3. The Balaban J connectivity index is 0.894. The number of nitrogens with zero attached hydrogens (tertiary/aromatic N) is 4. The van der Waals surface area contributed by atoms with Crippen LogP contribution in [-0.2, 0) is 58.1 Å². The summed E-state index contributed by atoms with van der Waals surface area (Å²) >= 11 is 0. The molecule has 0 radical (unpaired) electrons. The maximum absolute atomic E-state index is 15.1. The van der Waals surface area contributed by atoms with Gasteiger partial charge in [0.25, 0.3) is 11.4 Å². The summed E-state index contributed by atoms with van der Waals surface area (Å²) in [5, 5.41) is 10.7. The van der Waals surface area contributed by atoms with Crippen LogP contribution >= 0.6 is 7.60 Å². The highest BCUT2D eigenvalue weighted by atomic mass is 31.2. The number of hydrogen-bond acceptors (Lipinski definition) is 11. The summed E-state index contributed by atoms with van der Waals surface area (Å²) in [6.45, 7) is 3.51. The molecule has 8 amide bonds. The summed E-state index contributed by atoms with van der Waals surface area (Å²) in [5.74, 6) is -5.28. The third-order valence-electron chi connectivity index (χ3n) is 16.7. The topological polar surface area (TPSA) is 335 Å². The Labute approximate surface area is 470 Å². The van der Waals surface area contributed by atoms with Crippen molar-refractivity contribution >= 4 is 82.3 Å². The number of aryl methyl sites for hydroxylation is 2. The molecule has 23 nitrogen and oxygen atoms in total. The van der Waals surface area contributed by atoms with Crippen LogP contribution in [0.4, 0.5) is 4.39 Å². The molecule has 5 atom stereocenters. The van der Waals surface area contributed by atoms with Gasteiger partial charge in [0, 0.05) is 73.5 Å². The number of hydrogen-bond donors (Lipinski definition) is 8. The molecule has 82 heavy (non-hydrogen) atoms. The van der Waals surface area contributed by atoms with Gasteiger partial charge in [-0.15, -0.1) is 0 Å². The minimum absolute atomic E-state index is 0.0624. The second-order valence-corrected chi connectivity index (χ2v) is 24.0. The molecule has 1 unspecified atom stereocenters. The number of carbonyl (C=O) groups is 9. The van der Waals surface area contributed by atoms with E-state index in [0.717, 1.165) is 30.4 Å². The average Bonchev–Trinajstić information content (AvgIpc) is 4.32. The lowest BCUT2D eigenvalue weighted by molar-refractivity contribution is -0.147. The zero-order chi connectivity index (χ0) is 58.9. The van der Waals surface area contributed by atoms with E-state index in [1.807, 2.05) is 32.0 Å². The van der Waals surface area contributed by atoms with Crippen molar-refractivity contribution in [3.63, 3.8) is 0 Å². The quantitative estimate of drug-likeness (QED) is 0.0460. The molecule has 1 aliphatic carbocycles. The van der Waals surface area contributed by atoms with Crippen molar-refractivity contribution in [2.75, 3.05) is 13.1 Å². The smallest absolute Gasteiger partial charge is 0.370 e. The fourth-order valence-electron chi connectivity index (χ4n) is 12.0. The van der Waals surface area contributed by atoms with Gasteiger partial charge in [-0.3, -0.25) is 62.2 Å². The number of benzene rings is 3. The molecule has 3 aliphatic heterocycles. The summed E-state index contributed by atoms with van der Waals surface area (Å²) < 4.78 is 29.8. The lowest BCUT2D eigenvalue weighted by atomic mass is 9.79. The number of imide groups is 1. The van der Waals surface area contributed by atoms with Gasteiger partial charge in [0.05, 0.1) is 11.0 Å². The summed E-state index contributed by atoms with van der Waals surface area (Å²) in [6.07, 6.45) is 4.76. The number of H-pyrrole nitrogens is 1. The van der Waals surface area contributed by atoms with E-state index in [9.17, 15) is 57.5 Å². The second kappa shape index (κ2) is 24.3. The Morgan fingerprint density at radius 3 is 2.33 bits per heavy atom. The molecule has 0 spiro atoms. The van der Waals surface area contributed by atoms with Crippen LogP contribution in [0.1, 0.15) is 140 Å². The standard InChI is InChI=1S/C57H68FN10O13P/c1-30(2)34-11-12-36(39(58)26-34)28-60-50(71)41(16-20-48(59)69)62-52(73)45-18-14-38-22-23-66(29-43(55(76)67(38)45)63-51(72)42-27-37-25-35(13-15-40(37)61-42)56(77)82(79,80)81)54(75)33-9-6-31(7-10-33)4-5-32-8-17-44-47(24-32)65(3)57(78)68(44)46-19-21-49(70)64-53(46)74/h8,11-13,15,17,24-27,30-31,33,38,41,43,45-46,61H,4-7,9-10,14,16,18-23,28-29H2,1-3H3,(H2,59,69)(H,60,71)(H,62,73)(H,63,72)(H,64,70,74)(H2,79,80,81)/t31?,33?,38-,41+,43+,45+,46?/m1/s1. The van der Waals surface area contributed by atoms with Crippen LogP contribution in [0.25, 0.3) is 21.9 Å². The number of rotatable bonds is 18. The van der Waals surface area contributed by atoms with Crippen LogP contribution in [0.5, 0.6) is 0 Å². The molecule has 1 saturated carbocycles. The number of carbonyl (C=O) groups excluding carboxylic acids is 9. The van der Waals surface area contributed by atoms with Gasteiger partial charge in [-0.2, -0.15) is 0 Å². The lowest BCUT2D eigenvalue weighted by Crippen LogP contribution is -2.62. The largest absolute Gasteiger partial charge is 0.396 e.